The van der Waals surface area contributed by atoms with Crippen molar-refractivity contribution in [1.82, 2.24) is 10.2 Å². The number of hydrogen-bond acceptors (Lipinski definition) is 6. The van der Waals surface area contributed by atoms with E-state index in [0.29, 0.717) is 24.5 Å². The number of rotatable bonds is 14. The van der Waals surface area contributed by atoms with Gasteiger partial charge in [0.25, 0.3) is 10.0 Å². The number of para-hydroxylation sites is 2. The molecule has 0 radical (unpaired) electrons. The van der Waals surface area contributed by atoms with Crippen LogP contribution in [0.25, 0.3) is 0 Å². The molecule has 3 aromatic rings. The fourth-order valence-corrected chi connectivity index (χ4v) is 5.77. The van der Waals surface area contributed by atoms with Gasteiger partial charge in [-0.25, -0.2) is 8.42 Å². The standard InChI is InChI=1S/C30H37N3O6S/c1-5-19-31-30(35)26(6-2)32(21-23-13-12-14-24(20-23)38-3)29(34)22-33(27-17-10-11-18-28(27)39-4)40(36,37)25-15-8-7-9-16-25/h7-18,20,26H,5-6,19,21-22H2,1-4H3,(H,31,35). The molecule has 1 N–H and O–H groups in total. The summed E-state index contributed by atoms with van der Waals surface area (Å²) in [6.45, 7) is 3.77. The molecule has 0 saturated carbocycles. The maximum absolute atomic E-state index is 14.1. The minimum atomic E-state index is -4.18. The molecule has 3 aromatic carbocycles. The summed E-state index contributed by atoms with van der Waals surface area (Å²) in [6, 6.07) is 20.9. The number of ether oxygens (including phenoxy) is 2. The van der Waals surface area contributed by atoms with Crippen LogP contribution in [0.2, 0.25) is 0 Å². The van der Waals surface area contributed by atoms with Gasteiger partial charge in [0.15, 0.2) is 0 Å². The Morgan fingerprint density at radius 2 is 1.60 bits per heavy atom. The Kier molecular flexibility index (Phi) is 11.0. The molecule has 2 amide bonds. The third kappa shape index (κ3) is 7.32. The molecule has 0 heterocycles. The van der Waals surface area contributed by atoms with Gasteiger partial charge in [-0.05, 0) is 54.8 Å². The third-order valence-corrected chi connectivity index (χ3v) is 8.16. The Hall–Kier alpha value is -4.05. The topological polar surface area (TPSA) is 105 Å². The summed E-state index contributed by atoms with van der Waals surface area (Å²) >= 11 is 0. The minimum absolute atomic E-state index is 0.0285. The first-order chi connectivity index (χ1) is 19.3. The van der Waals surface area contributed by atoms with Gasteiger partial charge < -0.3 is 19.7 Å². The second kappa shape index (κ2) is 14.4. The number of sulfonamides is 1. The van der Waals surface area contributed by atoms with Crippen molar-refractivity contribution in [3.05, 3.63) is 84.4 Å². The zero-order valence-electron chi connectivity index (χ0n) is 23.4. The van der Waals surface area contributed by atoms with E-state index in [0.717, 1.165) is 16.3 Å². The minimum Gasteiger partial charge on any atom is -0.497 e. The first kappa shape index (κ1) is 30.5. The molecule has 0 bridgehead atoms. The van der Waals surface area contributed by atoms with Gasteiger partial charge in [-0.3, -0.25) is 13.9 Å². The van der Waals surface area contributed by atoms with Gasteiger partial charge in [0.1, 0.15) is 24.1 Å². The average Bonchev–Trinajstić information content (AvgIpc) is 2.98. The van der Waals surface area contributed by atoms with E-state index in [1.54, 1.807) is 67.8 Å². The Morgan fingerprint density at radius 1 is 0.900 bits per heavy atom. The highest BCUT2D eigenvalue weighted by Gasteiger charge is 2.34. The first-order valence-electron chi connectivity index (χ1n) is 13.2. The van der Waals surface area contributed by atoms with E-state index >= 15 is 0 Å². The summed E-state index contributed by atoms with van der Waals surface area (Å²) in [4.78, 5) is 28.8. The highest BCUT2D eigenvalue weighted by atomic mass is 32.2. The number of nitrogens with one attached hydrogen (secondary N) is 1. The predicted octanol–water partition coefficient (Wildman–Crippen LogP) is 4.23. The van der Waals surface area contributed by atoms with Crippen molar-refractivity contribution in [2.45, 2.75) is 44.2 Å². The van der Waals surface area contributed by atoms with E-state index in [2.05, 4.69) is 5.32 Å². The van der Waals surface area contributed by atoms with Crippen molar-refractivity contribution in [2.75, 3.05) is 31.6 Å². The fourth-order valence-electron chi connectivity index (χ4n) is 4.32. The van der Waals surface area contributed by atoms with Gasteiger partial charge in [-0.2, -0.15) is 0 Å². The number of methoxy groups -OCH3 is 2. The number of carbonyl (C=O) groups is 2. The Balaban J connectivity index is 2.08. The monoisotopic (exact) mass is 567 g/mol. The maximum Gasteiger partial charge on any atom is 0.264 e. The third-order valence-electron chi connectivity index (χ3n) is 6.39. The number of amides is 2. The molecule has 1 atom stereocenters. The molecule has 1 unspecified atom stereocenters. The fraction of sp³-hybridized carbons (Fsp3) is 0.333. The smallest absolute Gasteiger partial charge is 0.264 e. The van der Waals surface area contributed by atoms with Gasteiger partial charge >= 0.3 is 0 Å². The van der Waals surface area contributed by atoms with Crippen molar-refractivity contribution in [3.8, 4) is 11.5 Å². The number of nitrogens with zero attached hydrogens (tertiary/aromatic N) is 2. The highest BCUT2D eigenvalue weighted by Crippen LogP contribution is 2.32. The van der Waals surface area contributed by atoms with Crippen LogP contribution in [0, 0.1) is 0 Å². The lowest BCUT2D eigenvalue weighted by atomic mass is 10.1. The van der Waals surface area contributed by atoms with Gasteiger partial charge in [0, 0.05) is 13.1 Å². The van der Waals surface area contributed by atoms with Crippen LogP contribution in [-0.2, 0) is 26.2 Å². The molecular formula is C30H37N3O6S. The summed E-state index contributed by atoms with van der Waals surface area (Å²) in [5.41, 5.74) is 0.955. The van der Waals surface area contributed by atoms with E-state index < -0.39 is 28.5 Å². The Labute approximate surface area is 236 Å². The van der Waals surface area contributed by atoms with E-state index in [1.807, 2.05) is 19.9 Å². The van der Waals surface area contributed by atoms with Crippen LogP contribution >= 0.6 is 0 Å². The summed E-state index contributed by atoms with van der Waals surface area (Å²) in [5, 5.41) is 2.88. The molecule has 0 fully saturated rings. The second-order valence-corrected chi connectivity index (χ2v) is 10.9. The number of carbonyl (C=O) groups excluding carboxylic acids is 2. The summed E-state index contributed by atoms with van der Waals surface area (Å²) in [7, 11) is -1.19. The molecule has 0 aliphatic heterocycles. The summed E-state index contributed by atoms with van der Waals surface area (Å²) < 4.78 is 39.7. The number of hydrogen-bond donors (Lipinski definition) is 1. The second-order valence-electron chi connectivity index (χ2n) is 9.08. The van der Waals surface area contributed by atoms with E-state index in [1.165, 1.54) is 24.1 Å². The van der Waals surface area contributed by atoms with Crippen LogP contribution in [-0.4, -0.2) is 58.5 Å². The molecule has 0 spiro atoms. The normalized spacial score (nSPS) is 11.8. The van der Waals surface area contributed by atoms with Crippen molar-refractivity contribution in [1.29, 1.82) is 0 Å². The average molecular weight is 568 g/mol. The SMILES string of the molecule is CCCNC(=O)C(CC)N(Cc1cccc(OC)c1)C(=O)CN(c1ccccc1OC)S(=O)(=O)c1ccccc1. The zero-order chi connectivity index (χ0) is 29.1. The quantitative estimate of drug-likeness (QED) is 0.313. The largest absolute Gasteiger partial charge is 0.497 e. The molecule has 214 valence electrons. The molecule has 0 aliphatic rings. The predicted molar refractivity (Wildman–Crippen MR) is 155 cm³/mol. The van der Waals surface area contributed by atoms with Crippen LogP contribution in [0.1, 0.15) is 32.3 Å². The van der Waals surface area contributed by atoms with Gasteiger partial charge in [-0.1, -0.05) is 56.3 Å². The molecule has 9 nitrogen and oxygen atoms in total. The summed E-state index contributed by atoms with van der Waals surface area (Å²) in [5.74, 6) is 0.0691. The van der Waals surface area contributed by atoms with Crippen LogP contribution in [0.4, 0.5) is 5.69 Å². The maximum atomic E-state index is 14.1. The van der Waals surface area contributed by atoms with E-state index in [-0.39, 0.29) is 23.0 Å². The summed E-state index contributed by atoms with van der Waals surface area (Å²) in [6.07, 6.45) is 1.08. The molecule has 3 rings (SSSR count). The highest BCUT2D eigenvalue weighted by molar-refractivity contribution is 7.92. The molecule has 0 aliphatic carbocycles. The molecule has 10 heteroatoms. The van der Waals surface area contributed by atoms with Crippen LogP contribution in [0.15, 0.2) is 83.8 Å². The van der Waals surface area contributed by atoms with Crippen LogP contribution in [0.3, 0.4) is 0 Å². The lowest BCUT2D eigenvalue weighted by molar-refractivity contribution is -0.140. The molecular weight excluding hydrogens is 530 g/mol. The van der Waals surface area contributed by atoms with Crippen molar-refractivity contribution in [2.24, 2.45) is 0 Å². The van der Waals surface area contributed by atoms with Crippen LogP contribution in [0.5, 0.6) is 11.5 Å². The number of benzene rings is 3. The van der Waals surface area contributed by atoms with Crippen molar-refractivity contribution >= 4 is 27.5 Å². The Morgan fingerprint density at radius 3 is 2.25 bits per heavy atom. The van der Waals surface area contributed by atoms with Crippen molar-refractivity contribution in [3.63, 3.8) is 0 Å². The molecule has 40 heavy (non-hydrogen) atoms. The van der Waals surface area contributed by atoms with E-state index in [4.69, 9.17) is 9.47 Å². The van der Waals surface area contributed by atoms with E-state index in [9.17, 15) is 18.0 Å². The number of anilines is 1. The Bertz CT molecular complexity index is 1380. The lowest BCUT2D eigenvalue weighted by Crippen LogP contribution is -2.52. The molecule has 0 saturated heterocycles. The molecule has 0 aromatic heterocycles. The van der Waals surface area contributed by atoms with Crippen LogP contribution < -0.4 is 19.1 Å². The zero-order valence-corrected chi connectivity index (χ0v) is 24.2. The van der Waals surface area contributed by atoms with Crippen molar-refractivity contribution < 1.29 is 27.5 Å². The van der Waals surface area contributed by atoms with Gasteiger partial charge in [0.2, 0.25) is 11.8 Å². The van der Waals surface area contributed by atoms with Gasteiger partial charge in [-0.15, -0.1) is 0 Å². The first-order valence-corrected chi connectivity index (χ1v) is 14.6. The van der Waals surface area contributed by atoms with Gasteiger partial charge in [0.05, 0.1) is 24.8 Å². The lowest BCUT2D eigenvalue weighted by Gasteiger charge is -2.33.